The summed E-state index contributed by atoms with van der Waals surface area (Å²) in [6.07, 6.45) is 2.69. The van der Waals surface area contributed by atoms with Crippen LogP contribution in [0.25, 0.3) is 16.8 Å². The number of rotatable bonds is 4. The molecule has 1 aliphatic heterocycles. The highest BCUT2D eigenvalue weighted by Crippen LogP contribution is 2.32. The zero-order valence-electron chi connectivity index (χ0n) is 13.5. The maximum absolute atomic E-state index is 12.7. The molecule has 1 aromatic carbocycles. The van der Waals surface area contributed by atoms with Crippen LogP contribution in [0.1, 0.15) is 18.2 Å². The lowest BCUT2D eigenvalue weighted by Crippen LogP contribution is -2.28. The molecule has 1 atom stereocenters. The quantitative estimate of drug-likeness (QED) is 0.639. The lowest BCUT2D eigenvalue weighted by Gasteiger charge is -2.14. The van der Waals surface area contributed by atoms with Crippen molar-refractivity contribution in [2.75, 3.05) is 5.88 Å². The largest absolute Gasteiger partial charge is 0.302 e. The number of aromatic nitrogens is 5. The highest BCUT2D eigenvalue weighted by atomic mass is 35.5. The van der Waals surface area contributed by atoms with Crippen LogP contribution in [0.2, 0.25) is 5.02 Å². The number of Topliss-reactive ketones (excluding diaryl/α,β-unsaturated/α-hetero) is 1. The molecule has 3 heterocycles. The van der Waals surface area contributed by atoms with E-state index in [0.29, 0.717) is 29.1 Å². The molecule has 26 heavy (non-hydrogen) atoms. The van der Waals surface area contributed by atoms with Gasteiger partial charge >= 0.3 is 0 Å². The summed E-state index contributed by atoms with van der Waals surface area (Å²) in [5.41, 5.74) is 2.71. The van der Waals surface area contributed by atoms with Gasteiger partial charge in [-0.2, -0.15) is 4.68 Å². The van der Waals surface area contributed by atoms with Crippen molar-refractivity contribution in [3.8, 4) is 16.8 Å². The fraction of sp³-hybridized carbons (Fsp3) is 0.235. The number of halogens is 2. The first-order chi connectivity index (χ1) is 12.6. The number of alkyl halides is 1. The summed E-state index contributed by atoms with van der Waals surface area (Å²) in [5.74, 6) is -0.242. The summed E-state index contributed by atoms with van der Waals surface area (Å²) in [6, 6.07) is 8.21. The maximum Gasteiger partial charge on any atom is 0.252 e. The molecule has 0 spiro atoms. The number of aryl methyl sites for hydroxylation is 1. The second kappa shape index (κ2) is 6.66. The molecular formula is C17H13Cl2N5O2. The Morgan fingerprint density at radius 2 is 2.12 bits per heavy atom. The summed E-state index contributed by atoms with van der Waals surface area (Å²) in [4.78, 5) is 24.7. The van der Waals surface area contributed by atoms with Gasteiger partial charge in [0.2, 0.25) is 0 Å². The minimum atomic E-state index is -0.484. The van der Waals surface area contributed by atoms with E-state index < -0.39 is 6.04 Å². The topological polar surface area (TPSA) is 82.7 Å². The van der Waals surface area contributed by atoms with Gasteiger partial charge in [-0.25, -0.2) is 0 Å². The third kappa shape index (κ3) is 2.83. The molecule has 1 unspecified atom stereocenters. The van der Waals surface area contributed by atoms with Gasteiger partial charge in [0.15, 0.2) is 5.78 Å². The molecule has 9 heteroatoms. The van der Waals surface area contributed by atoms with Crippen LogP contribution in [-0.4, -0.2) is 36.4 Å². The van der Waals surface area contributed by atoms with Gasteiger partial charge in [-0.3, -0.25) is 9.59 Å². The molecule has 0 amide bonds. The number of tetrazole rings is 1. The summed E-state index contributed by atoms with van der Waals surface area (Å²) in [5, 5.41) is 11.8. The second-order valence-corrected chi connectivity index (χ2v) is 6.72. The van der Waals surface area contributed by atoms with Gasteiger partial charge < -0.3 is 4.57 Å². The van der Waals surface area contributed by atoms with E-state index in [0.717, 1.165) is 11.3 Å². The average molecular weight is 390 g/mol. The van der Waals surface area contributed by atoms with Crippen LogP contribution < -0.4 is 5.56 Å². The number of benzene rings is 1. The number of pyridine rings is 1. The molecule has 0 radical (unpaired) electrons. The Balaban J connectivity index is 1.87. The molecule has 0 saturated heterocycles. The Kier molecular flexibility index (Phi) is 4.34. The first-order valence-corrected chi connectivity index (χ1v) is 8.87. The highest BCUT2D eigenvalue weighted by Gasteiger charge is 2.29. The van der Waals surface area contributed by atoms with Gasteiger partial charge in [0.05, 0.1) is 17.6 Å². The Morgan fingerprint density at radius 3 is 2.85 bits per heavy atom. The number of ketones is 1. The van der Waals surface area contributed by atoms with Crippen molar-refractivity contribution in [2.45, 2.75) is 18.9 Å². The Labute approximate surface area is 158 Å². The average Bonchev–Trinajstić information content (AvgIpc) is 3.30. The third-order valence-electron chi connectivity index (χ3n) is 4.50. The Bertz CT molecular complexity index is 1050. The number of carbonyl (C=O) groups excluding carboxylic acids is 1. The van der Waals surface area contributed by atoms with Crippen LogP contribution in [-0.2, 0) is 11.2 Å². The lowest BCUT2D eigenvalue weighted by atomic mass is 10.0. The third-order valence-corrected chi connectivity index (χ3v) is 5.00. The number of nitrogens with zero attached hydrogens (tertiary/aromatic N) is 5. The maximum atomic E-state index is 12.7. The molecule has 4 rings (SSSR count). The van der Waals surface area contributed by atoms with Gasteiger partial charge in [-0.05, 0) is 53.1 Å². The SMILES string of the molecule is O=C(CCl)C1CCc2cc(-c3cc(Cl)ccc3-n3cnnn3)cc(=O)n21. The summed E-state index contributed by atoms with van der Waals surface area (Å²) in [7, 11) is 0. The Hall–Kier alpha value is -2.51. The second-order valence-electron chi connectivity index (χ2n) is 6.01. The van der Waals surface area contributed by atoms with Crippen LogP contribution in [0.3, 0.4) is 0 Å². The van der Waals surface area contributed by atoms with E-state index in [2.05, 4.69) is 15.5 Å². The van der Waals surface area contributed by atoms with Gasteiger partial charge in [0.25, 0.3) is 5.56 Å². The van der Waals surface area contributed by atoms with E-state index in [1.165, 1.54) is 21.6 Å². The first kappa shape index (κ1) is 16.9. The van der Waals surface area contributed by atoms with E-state index in [1.807, 2.05) is 6.07 Å². The molecular weight excluding hydrogens is 377 g/mol. The lowest BCUT2D eigenvalue weighted by molar-refractivity contribution is -0.119. The van der Waals surface area contributed by atoms with Gasteiger partial charge in [0, 0.05) is 22.3 Å². The van der Waals surface area contributed by atoms with Crippen molar-refractivity contribution >= 4 is 29.0 Å². The standard InChI is InChI=1S/C17H13Cl2N5O2/c18-8-16(25)15-4-2-12-5-10(6-17(26)24(12)15)13-7-11(19)1-3-14(13)23-9-20-21-22-23/h1,3,5-7,9,15H,2,4,8H2. The zero-order valence-corrected chi connectivity index (χ0v) is 15.0. The van der Waals surface area contributed by atoms with Crippen LogP contribution in [0, 0.1) is 0 Å². The minimum absolute atomic E-state index is 0.101. The van der Waals surface area contributed by atoms with Crippen molar-refractivity contribution in [1.29, 1.82) is 0 Å². The monoisotopic (exact) mass is 389 g/mol. The van der Waals surface area contributed by atoms with E-state index in [1.54, 1.807) is 18.2 Å². The molecule has 7 nitrogen and oxygen atoms in total. The van der Waals surface area contributed by atoms with Gasteiger partial charge in [0.1, 0.15) is 6.33 Å². The molecule has 1 aliphatic rings. The van der Waals surface area contributed by atoms with E-state index in [9.17, 15) is 9.59 Å². The molecule has 2 aromatic heterocycles. The van der Waals surface area contributed by atoms with E-state index in [-0.39, 0.29) is 17.2 Å². The molecule has 0 N–H and O–H groups in total. The number of hydrogen-bond acceptors (Lipinski definition) is 5. The summed E-state index contributed by atoms with van der Waals surface area (Å²) in [6.45, 7) is 0. The van der Waals surface area contributed by atoms with Crippen molar-refractivity contribution in [1.82, 2.24) is 24.8 Å². The molecule has 0 bridgehead atoms. The molecule has 0 saturated carbocycles. The normalized spacial score (nSPS) is 15.8. The zero-order chi connectivity index (χ0) is 18.3. The highest BCUT2D eigenvalue weighted by molar-refractivity contribution is 6.31. The van der Waals surface area contributed by atoms with Gasteiger partial charge in [-0.1, -0.05) is 11.6 Å². The fourth-order valence-electron chi connectivity index (χ4n) is 3.36. The predicted octanol–water partition coefficient (Wildman–Crippen LogP) is 2.44. The molecule has 3 aromatic rings. The predicted molar refractivity (Wildman–Crippen MR) is 96.9 cm³/mol. The van der Waals surface area contributed by atoms with Crippen molar-refractivity contribution in [2.24, 2.45) is 0 Å². The number of carbonyl (C=O) groups is 1. The molecule has 132 valence electrons. The van der Waals surface area contributed by atoms with E-state index in [4.69, 9.17) is 23.2 Å². The van der Waals surface area contributed by atoms with Gasteiger partial charge in [-0.15, -0.1) is 16.7 Å². The summed E-state index contributed by atoms with van der Waals surface area (Å²) >= 11 is 11.8. The first-order valence-electron chi connectivity index (χ1n) is 7.96. The number of hydrogen-bond donors (Lipinski definition) is 0. The summed E-state index contributed by atoms with van der Waals surface area (Å²) < 4.78 is 3.05. The molecule has 0 fully saturated rings. The minimum Gasteiger partial charge on any atom is -0.302 e. The van der Waals surface area contributed by atoms with Crippen molar-refractivity contribution in [3.05, 3.63) is 57.7 Å². The van der Waals surface area contributed by atoms with Crippen molar-refractivity contribution < 1.29 is 4.79 Å². The van der Waals surface area contributed by atoms with Crippen LogP contribution in [0.4, 0.5) is 0 Å². The van der Waals surface area contributed by atoms with Crippen LogP contribution in [0.5, 0.6) is 0 Å². The van der Waals surface area contributed by atoms with Crippen molar-refractivity contribution in [3.63, 3.8) is 0 Å². The Morgan fingerprint density at radius 1 is 1.27 bits per heavy atom. The number of fused-ring (bicyclic) bond motifs is 1. The van der Waals surface area contributed by atoms with Crippen LogP contribution >= 0.6 is 23.2 Å². The van der Waals surface area contributed by atoms with Crippen LogP contribution in [0.15, 0.2) is 41.5 Å². The smallest absolute Gasteiger partial charge is 0.252 e. The molecule has 0 aliphatic carbocycles. The fourth-order valence-corrected chi connectivity index (χ4v) is 3.71. The van der Waals surface area contributed by atoms with E-state index >= 15 is 0 Å².